The molecule has 0 aliphatic carbocycles. The van der Waals surface area contributed by atoms with Gasteiger partial charge in [0.05, 0.1) is 11.1 Å². The van der Waals surface area contributed by atoms with Gasteiger partial charge >= 0.3 is 18.2 Å². The van der Waals surface area contributed by atoms with Gasteiger partial charge in [0.2, 0.25) is 0 Å². The van der Waals surface area contributed by atoms with Crippen molar-refractivity contribution in [2.24, 2.45) is 11.8 Å². The summed E-state index contributed by atoms with van der Waals surface area (Å²) >= 11 is 0. The predicted molar refractivity (Wildman–Crippen MR) is 181 cm³/mol. The summed E-state index contributed by atoms with van der Waals surface area (Å²) in [6.07, 6.45) is 12.7. The Kier molecular flexibility index (Phi) is 10.2. The van der Waals surface area contributed by atoms with Crippen molar-refractivity contribution in [1.29, 1.82) is 0 Å². The van der Waals surface area contributed by atoms with Crippen LogP contribution in [0.2, 0.25) is 0 Å². The van der Waals surface area contributed by atoms with Crippen LogP contribution in [0.3, 0.4) is 0 Å². The number of fused-ring (bicyclic) bond motifs is 2. The summed E-state index contributed by atoms with van der Waals surface area (Å²) in [5.74, 6) is 0.241. The molecule has 0 aromatic rings. The Morgan fingerprint density at radius 3 is 1.22 bits per heavy atom. The zero-order valence-electron chi connectivity index (χ0n) is 30.4. The number of amides is 4. The molecule has 0 saturated carbocycles. The molecule has 5 saturated heterocycles. The number of hydrogen-bond donors (Lipinski definition) is 0. The van der Waals surface area contributed by atoms with Crippen LogP contribution >= 0.6 is 0 Å². The molecule has 5 fully saturated rings. The van der Waals surface area contributed by atoms with E-state index in [1.54, 1.807) is 0 Å². The minimum atomic E-state index is -0.722. The lowest BCUT2D eigenvalue weighted by Crippen LogP contribution is -2.72. The van der Waals surface area contributed by atoms with E-state index in [1.165, 1.54) is 0 Å². The van der Waals surface area contributed by atoms with E-state index in [9.17, 15) is 14.4 Å². The van der Waals surface area contributed by atoms with E-state index in [4.69, 9.17) is 9.47 Å². The van der Waals surface area contributed by atoms with E-state index < -0.39 is 29.4 Å². The first-order chi connectivity index (χ1) is 21.6. The van der Waals surface area contributed by atoms with Crippen LogP contribution in [0.25, 0.3) is 0 Å². The van der Waals surface area contributed by atoms with Crippen LogP contribution in [0.15, 0.2) is 0 Å². The Labute approximate surface area is 279 Å². The number of piperidine rings is 4. The quantitative estimate of drug-likeness (QED) is 0.248. The summed E-state index contributed by atoms with van der Waals surface area (Å²) in [4.78, 5) is 50.4. The molecule has 0 bridgehead atoms. The maximum atomic E-state index is 14.2. The Morgan fingerprint density at radius 2 is 0.870 bits per heavy atom. The van der Waals surface area contributed by atoms with E-state index in [0.717, 1.165) is 116 Å². The van der Waals surface area contributed by atoms with Crippen LogP contribution in [0, 0.1) is 11.8 Å². The summed E-state index contributed by atoms with van der Waals surface area (Å²) in [7, 11) is 0. The topological polar surface area (TPSA) is 82.6 Å². The van der Waals surface area contributed by atoms with Crippen molar-refractivity contribution in [3.05, 3.63) is 0 Å². The van der Waals surface area contributed by atoms with Gasteiger partial charge in [-0.3, -0.25) is 0 Å². The van der Waals surface area contributed by atoms with Gasteiger partial charge in [-0.2, -0.15) is 0 Å². The fourth-order valence-corrected chi connectivity index (χ4v) is 10.5. The number of carbonyl (C=O) groups excluding carboxylic acids is 3. The van der Waals surface area contributed by atoms with Gasteiger partial charge in [0.15, 0.2) is 0 Å². The van der Waals surface area contributed by atoms with Crippen molar-refractivity contribution in [3.8, 4) is 0 Å². The number of carbonyl (C=O) groups is 3. The SMILES string of the molecule is CC1(C)CC2CCCCCCC3CC(C)(C)N(C(=O)N4CCCCC4)C(C)(C)C3OC(=O)OC2C(C)(C)N1C(=O)N1CCCCC1. The van der Waals surface area contributed by atoms with Crippen LogP contribution in [0.1, 0.15) is 145 Å². The first kappa shape index (κ1) is 35.1. The third-order valence-electron chi connectivity index (χ3n) is 12.1. The molecule has 0 spiro atoms. The molecular formula is C37H64N4O5. The smallest absolute Gasteiger partial charge is 0.428 e. The fraction of sp³-hybridized carbons (Fsp3) is 0.919. The number of urea groups is 2. The molecule has 262 valence electrons. The largest absolute Gasteiger partial charge is 0.509 e. The molecule has 0 aromatic heterocycles. The number of rotatable bonds is 0. The molecule has 0 radical (unpaired) electrons. The van der Waals surface area contributed by atoms with Crippen LogP contribution in [0.5, 0.6) is 0 Å². The van der Waals surface area contributed by atoms with Crippen molar-refractivity contribution in [1.82, 2.24) is 19.6 Å². The Morgan fingerprint density at radius 1 is 0.543 bits per heavy atom. The third-order valence-corrected chi connectivity index (χ3v) is 12.1. The molecular weight excluding hydrogens is 580 g/mol. The molecule has 46 heavy (non-hydrogen) atoms. The Bertz CT molecular complexity index is 1020. The number of hydrogen-bond acceptors (Lipinski definition) is 5. The fourth-order valence-electron chi connectivity index (χ4n) is 10.5. The van der Waals surface area contributed by atoms with Crippen molar-refractivity contribution in [3.63, 3.8) is 0 Å². The van der Waals surface area contributed by atoms with E-state index in [1.807, 2.05) is 19.6 Å². The summed E-state index contributed by atoms with van der Waals surface area (Å²) in [6.45, 7) is 20.1. The van der Waals surface area contributed by atoms with Crippen LogP contribution < -0.4 is 0 Å². The van der Waals surface area contributed by atoms with Gasteiger partial charge < -0.3 is 29.1 Å². The minimum absolute atomic E-state index is 0.0515. The standard InChI is InChI=1S/C37H64N4O5/c1-34(2)25-27-19-13-9-10-14-20-28-26-35(3,4)41(32(43)39-23-17-12-18-24-39)37(7,8)30(28)46-33(44)45-29(27)36(5,6)40(34)31(42)38-21-15-11-16-22-38/h27-30H,9-26H2,1-8H3. The van der Waals surface area contributed by atoms with Crippen molar-refractivity contribution < 1.29 is 23.9 Å². The lowest BCUT2D eigenvalue weighted by atomic mass is 9.69. The summed E-state index contributed by atoms with van der Waals surface area (Å²) in [5, 5.41) is 0. The third kappa shape index (κ3) is 6.85. The minimum Gasteiger partial charge on any atom is -0.428 e. The highest BCUT2D eigenvalue weighted by Gasteiger charge is 2.59. The van der Waals surface area contributed by atoms with Crippen LogP contribution in [-0.4, -0.2) is 98.4 Å². The second-order valence-electron chi connectivity index (χ2n) is 17.5. The highest BCUT2D eigenvalue weighted by atomic mass is 16.7. The summed E-state index contributed by atoms with van der Waals surface area (Å²) < 4.78 is 12.9. The van der Waals surface area contributed by atoms with Gasteiger partial charge in [-0.25, -0.2) is 14.4 Å². The molecule has 5 aliphatic heterocycles. The number of likely N-dealkylation sites (tertiary alicyclic amines) is 4. The monoisotopic (exact) mass is 644 g/mol. The van der Waals surface area contributed by atoms with E-state index in [2.05, 4.69) is 55.4 Å². The lowest BCUT2D eigenvalue weighted by molar-refractivity contribution is -0.159. The number of ether oxygens (including phenoxy) is 2. The second-order valence-corrected chi connectivity index (χ2v) is 17.5. The van der Waals surface area contributed by atoms with Gasteiger partial charge in [-0.15, -0.1) is 0 Å². The number of nitrogens with zero attached hydrogens (tertiary/aromatic N) is 4. The van der Waals surface area contributed by atoms with Crippen molar-refractivity contribution in [2.75, 3.05) is 26.2 Å². The maximum Gasteiger partial charge on any atom is 0.509 e. The summed E-state index contributed by atoms with van der Waals surface area (Å²) in [6, 6.07) is 0.103. The molecule has 0 aromatic carbocycles. The molecule has 5 heterocycles. The average molecular weight is 645 g/mol. The Balaban J connectivity index is 1.44. The van der Waals surface area contributed by atoms with E-state index >= 15 is 0 Å². The lowest BCUT2D eigenvalue weighted by Gasteiger charge is -2.60. The molecule has 4 amide bonds. The molecule has 9 heteroatoms. The zero-order valence-corrected chi connectivity index (χ0v) is 30.4. The Hall–Kier alpha value is -2.19. The molecule has 4 atom stereocenters. The van der Waals surface area contributed by atoms with Crippen molar-refractivity contribution in [2.45, 2.75) is 180 Å². The van der Waals surface area contributed by atoms with Gasteiger partial charge in [0.1, 0.15) is 12.2 Å². The zero-order chi connectivity index (χ0) is 33.5. The molecule has 5 aliphatic rings. The van der Waals surface area contributed by atoms with Gasteiger partial charge in [0.25, 0.3) is 0 Å². The predicted octanol–water partition coefficient (Wildman–Crippen LogP) is 8.20. The highest BCUT2D eigenvalue weighted by molar-refractivity contribution is 5.77. The molecule has 0 N–H and O–H groups in total. The second kappa shape index (κ2) is 13.4. The van der Waals surface area contributed by atoms with Gasteiger partial charge in [0, 0.05) is 49.1 Å². The normalized spacial score (nSPS) is 33.2. The van der Waals surface area contributed by atoms with Crippen LogP contribution in [-0.2, 0) is 9.47 Å². The maximum absolute atomic E-state index is 14.2. The summed E-state index contributed by atoms with van der Waals surface area (Å²) in [5.41, 5.74) is -2.20. The van der Waals surface area contributed by atoms with E-state index in [0.29, 0.717) is 0 Å². The molecule has 5 rings (SSSR count). The highest BCUT2D eigenvalue weighted by Crippen LogP contribution is 2.48. The van der Waals surface area contributed by atoms with E-state index in [-0.39, 0.29) is 35.0 Å². The first-order valence-corrected chi connectivity index (χ1v) is 18.6. The molecule has 9 nitrogen and oxygen atoms in total. The van der Waals surface area contributed by atoms with Crippen molar-refractivity contribution >= 4 is 18.2 Å². The first-order valence-electron chi connectivity index (χ1n) is 18.6. The van der Waals surface area contributed by atoms with Crippen LogP contribution in [0.4, 0.5) is 14.4 Å². The van der Waals surface area contributed by atoms with Gasteiger partial charge in [-0.05, 0) is 120 Å². The average Bonchev–Trinajstić information content (AvgIpc) is 2.99. The molecule has 4 unspecified atom stereocenters. The van der Waals surface area contributed by atoms with Gasteiger partial charge in [-0.1, -0.05) is 25.7 Å².